The van der Waals surface area contributed by atoms with Crippen LogP contribution >= 0.6 is 34.5 Å². The highest BCUT2D eigenvalue weighted by Crippen LogP contribution is 2.72. The van der Waals surface area contributed by atoms with Gasteiger partial charge in [0, 0.05) is 11.6 Å². The summed E-state index contributed by atoms with van der Waals surface area (Å²) in [6.45, 7) is 4.97. The van der Waals surface area contributed by atoms with E-state index in [1.165, 1.54) is 49.9 Å². The largest absolute Gasteiger partial charge is 0.323 e. The third-order valence-corrected chi connectivity index (χ3v) is 7.87. The van der Waals surface area contributed by atoms with Crippen LogP contribution in [0.3, 0.4) is 0 Å². The number of nitrogens with two attached hydrogens (primary N) is 1. The molecular weight excluding hydrogens is 321 g/mol. The summed E-state index contributed by atoms with van der Waals surface area (Å²) in [4.78, 5) is 0. The molecule has 5 rings (SSSR count). The second-order valence-corrected chi connectivity index (χ2v) is 11.0. The van der Waals surface area contributed by atoms with E-state index in [1.807, 2.05) is 6.07 Å². The van der Waals surface area contributed by atoms with Gasteiger partial charge in [0.1, 0.15) is 0 Å². The third-order valence-electron chi connectivity index (χ3n) is 6.35. The average molecular weight is 344 g/mol. The summed E-state index contributed by atoms with van der Waals surface area (Å²) in [5, 5.41) is 0. The van der Waals surface area contributed by atoms with Crippen LogP contribution in [0.4, 0.5) is 0 Å². The van der Waals surface area contributed by atoms with Crippen LogP contribution in [-0.4, -0.2) is 0 Å². The number of halogens is 2. The first-order valence-electron chi connectivity index (χ1n) is 7.93. The summed E-state index contributed by atoms with van der Waals surface area (Å²) in [6, 6.07) is 2.04. The van der Waals surface area contributed by atoms with Crippen molar-refractivity contribution in [3.05, 3.63) is 20.3 Å². The molecule has 1 heterocycles. The van der Waals surface area contributed by atoms with Crippen LogP contribution in [0.25, 0.3) is 0 Å². The fraction of sp³-hybridized carbons (Fsp3) is 0.765. The maximum absolute atomic E-state index is 6.79. The van der Waals surface area contributed by atoms with Crippen molar-refractivity contribution < 1.29 is 0 Å². The number of hydrogen-bond acceptors (Lipinski definition) is 2. The quantitative estimate of drug-likeness (QED) is 0.694. The number of rotatable bonds is 2. The van der Waals surface area contributed by atoms with Gasteiger partial charge in [-0.1, -0.05) is 37.0 Å². The Labute approximate surface area is 141 Å². The predicted molar refractivity (Wildman–Crippen MR) is 91.1 cm³/mol. The van der Waals surface area contributed by atoms with E-state index in [-0.39, 0.29) is 11.5 Å². The van der Waals surface area contributed by atoms with E-state index in [2.05, 4.69) is 13.8 Å². The Balaban J connectivity index is 1.75. The molecule has 4 fully saturated rings. The van der Waals surface area contributed by atoms with Crippen molar-refractivity contribution in [2.24, 2.45) is 27.9 Å². The van der Waals surface area contributed by atoms with Gasteiger partial charge in [-0.05, 0) is 66.8 Å². The van der Waals surface area contributed by atoms with Crippen molar-refractivity contribution >= 4 is 34.5 Å². The first-order valence-corrected chi connectivity index (χ1v) is 9.50. The Kier molecular flexibility index (Phi) is 3.11. The SMILES string of the molecule is CC12CC3CC(C)(C1)CC(C(N)c1cc(Cl)sc1Cl)(C3)C2. The molecule has 0 aromatic carbocycles. The Bertz CT molecular complexity index is 578. The van der Waals surface area contributed by atoms with E-state index in [0.29, 0.717) is 10.8 Å². The van der Waals surface area contributed by atoms with Crippen molar-refractivity contribution in [2.75, 3.05) is 0 Å². The maximum Gasteiger partial charge on any atom is 0.0992 e. The van der Waals surface area contributed by atoms with Gasteiger partial charge < -0.3 is 5.73 Å². The van der Waals surface area contributed by atoms with Crippen LogP contribution < -0.4 is 5.73 Å². The van der Waals surface area contributed by atoms with E-state index < -0.39 is 0 Å². The van der Waals surface area contributed by atoms with E-state index in [1.54, 1.807) is 0 Å². The molecule has 4 bridgehead atoms. The number of hydrogen-bond donors (Lipinski definition) is 1. The molecule has 1 aromatic heterocycles. The van der Waals surface area contributed by atoms with Crippen molar-refractivity contribution in [3.8, 4) is 0 Å². The van der Waals surface area contributed by atoms with Gasteiger partial charge >= 0.3 is 0 Å². The van der Waals surface area contributed by atoms with Crippen LogP contribution in [0, 0.1) is 22.2 Å². The average Bonchev–Trinajstić information content (AvgIpc) is 2.62. The molecule has 4 aliphatic rings. The molecule has 0 radical (unpaired) electrons. The van der Waals surface area contributed by atoms with Crippen LogP contribution in [0.5, 0.6) is 0 Å². The van der Waals surface area contributed by atoms with Gasteiger partial charge in [-0.3, -0.25) is 0 Å². The zero-order chi connectivity index (χ0) is 15.0. The normalized spacial score (nSPS) is 46.0. The fourth-order valence-electron chi connectivity index (χ4n) is 6.78. The summed E-state index contributed by atoms with van der Waals surface area (Å²) in [7, 11) is 0. The molecule has 3 unspecified atom stereocenters. The van der Waals surface area contributed by atoms with E-state index in [9.17, 15) is 0 Å². The molecule has 4 aliphatic carbocycles. The smallest absolute Gasteiger partial charge is 0.0992 e. The lowest BCUT2D eigenvalue weighted by molar-refractivity contribution is -0.154. The lowest BCUT2D eigenvalue weighted by atomic mass is 9.39. The molecule has 2 N–H and O–H groups in total. The molecule has 0 aliphatic heterocycles. The first-order chi connectivity index (χ1) is 9.73. The lowest BCUT2D eigenvalue weighted by Gasteiger charge is -2.67. The fourth-order valence-corrected chi connectivity index (χ4v) is 8.33. The second-order valence-electron chi connectivity index (χ2n) is 8.75. The van der Waals surface area contributed by atoms with Gasteiger partial charge in [0.2, 0.25) is 0 Å². The zero-order valence-electron chi connectivity index (χ0n) is 12.7. The van der Waals surface area contributed by atoms with Gasteiger partial charge in [0.05, 0.1) is 8.67 Å². The van der Waals surface area contributed by atoms with Crippen molar-refractivity contribution in [3.63, 3.8) is 0 Å². The Morgan fingerprint density at radius 1 is 1.14 bits per heavy atom. The molecule has 116 valence electrons. The summed E-state index contributed by atoms with van der Waals surface area (Å²) >= 11 is 14.0. The van der Waals surface area contributed by atoms with E-state index in [4.69, 9.17) is 28.9 Å². The Morgan fingerprint density at radius 3 is 2.24 bits per heavy atom. The van der Waals surface area contributed by atoms with Crippen molar-refractivity contribution in [1.29, 1.82) is 0 Å². The molecule has 4 heteroatoms. The minimum absolute atomic E-state index is 0.0378. The van der Waals surface area contributed by atoms with Crippen LogP contribution in [0.1, 0.15) is 64.0 Å². The monoisotopic (exact) mass is 343 g/mol. The molecule has 0 saturated heterocycles. The summed E-state index contributed by atoms with van der Waals surface area (Å²) < 4.78 is 1.55. The van der Waals surface area contributed by atoms with Gasteiger partial charge in [-0.25, -0.2) is 0 Å². The van der Waals surface area contributed by atoms with Crippen molar-refractivity contribution in [2.45, 2.75) is 58.4 Å². The van der Waals surface area contributed by atoms with Gasteiger partial charge in [-0.2, -0.15) is 0 Å². The maximum atomic E-state index is 6.79. The molecular formula is C17H23Cl2NS. The second kappa shape index (κ2) is 4.41. The van der Waals surface area contributed by atoms with Crippen LogP contribution in [-0.2, 0) is 0 Å². The topological polar surface area (TPSA) is 26.0 Å². The standard InChI is InChI=1S/C17H23Cl2NS/c1-15-4-10-5-16(2,7-15)9-17(6-10,8-15)13(20)11-3-12(18)21-14(11)19/h3,10,13H,4-9,20H2,1-2H3. The summed E-state index contributed by atoms with van der Waals surface area (Å²) in [6.07, 6.45) is 7.98. The van der Waals surface area contributed by atoms with Crippen LogP contribution in [0.15, 0.2) is 6.07 Å². The highest BCUT2D eigenvalue weighted by molar-refractivity contribution is 7.20. The van der Waals surface area contributed by atoms with Gasteiger partial charge in [0.15, 0.2) is 0 Å². The minimum atomic E-state index is 0.0378. The van der Waals surface area contributed by atoms with E-state index >= 15 is 0 Å². The molecule has 0 amide bonds. The Hall–Kier alpha value is 0.240. The van der Waals surface area contributed by atoms with Gasteiger partial charge in [0.25, 0.3) is 0 Å². The third kappa shape index (κ3) is 2.21. The lowest BCUT2D eigenvalue weighted by Crippen LogP contribution is -2.58. The van der Waals surface area contributed by atoms with E-state index in [0.717, 1.165) is 20.2 Å². The zero-order valence-corrected chi connectivity index (χ0v) is 15.0. The molecule has 21 heavy (non-hydrogen) atoms. The summed E-state index contributed by atoms with van der Waals surface area (Å²) in [5.74, 6) is 0.857. The number of thiophene rings is 1. The molecule has 1 nitrogen and oxygen atoms in total. The molecule has 4 saturated carbocycles. The predicted octanol–water partition coefficient (Wildman–Crippen LogP) is 6.05. The highest BCUT2D eigenvalue weighted by Gasteiger charge is 2.62. The summed E-state index contributed by atoms with van der Waals surface area (Å²) in [5.41, 5.74) is 9.08. The highest BCUT2D eigenvalue weighted by atomic mass is 35.5. The molecule has 1 aromatic rings. The first kappa shape index (κ1) is 14.8. The van der Waals surface area contributed by atoms with Crippen LogP contribution in [0.2, 0.25) is 8.67 Å². The molecule has 3 atom stereocenters. The van der Waals surface area contributed by atoms with Gasteiger partial charge in [-0.15, -0.1) is 11.3 Å². The molecule has 0 spiro atoms. The Morgan fingerprint density at radius 2 is 1.76 bits per heavy atom. The minimum Gasteiger partial charge on any atom is -0.323 e. The van der Waals surface area contributed by atoms with Crippen molar-refractivity contribution in [1.82, 2.24) is 0 Å².